The Morgan fingerprint density at radius 1 is 1.21 bits per heavy atom. The summed E-state index contributed by atoms with van der Waals surface area (Å²) in [5, 5.41) is 9.00. The minimum absolute atomic E-state index is 0.125. The normalized spacial score (nSPS) is 11.1. The summed E-state index contributed by atoms with van der Waals surface area (Å²) < 4.78 is 5.71. The summed E-state index contributed by atoms with van der Waals surface area (Å²) in [6, 6.07) is 6.15. The van der Waals surface area contributed by atoms with Crippen molar-refractivity contribution in [1.82, 2.24) is 0 Å². The van der Waals surface area contributed by atoms with Gasteiger partial charge in [0, 0.05) is 42.7 Å². The molecule has 0 heterocycles. The second-order valence-corrected chi connectivity index (χ2v) is 5.29. The minimum Gasteiger partial charge on any atom is -0.491 e. The molecule has 1 aromatic carbocycles. The van der Waals surface area contributed by atoms with Gasteiger partial charge in [-0.2, -0.15) is 0 Å². The van der Waals surface area contributed by atoms with Gasteiger partial charge in [0.25, 0.3) is 0 Å². The van der Waals surface area contributed by atoms with Gasteiger partial charge >= 0.3 is 0 Å². The van der Waals surface area contributed by atoms with Crippen molar-refractivity contribution in [3.05, 3.63) is 18.2 Å². The van der Waals surface area contributed by atoms with Crippen LogP contribution in [0.2, 0.25) is 0 Å². The highest BCUT2D eigenvalue weighted by Crippen LogP contribution is 2.27. The van der Waals surface area contributed by atoms with Crippen LogP contribution in [0, 0.1) is 0 Å². The Labute approximate surface area is 116 Å². The van der Waals surface area contributed by atoms with Crippen LogP contribution < -0.4 is 15.4 Å². The maximum atomic E-state index is 9.00. The SMILES string of the molecule is CC(C)Oc1cc(N)cc(N(CCCO)C(C)C)c1. The number of hydrogen-bond donors (Lipinski definition) is 2. The summed E-state index contributed by atoms with van der Waals surface area (Å²) in [6.07, 6.45) is 0.868. The Kier molecular flexibility index (Phi) is 5.96. The van der Waals surface area contributed by atoms with Gasteiger partial charge in [0.05, 0.1) is 6.10 Å². The summed E-state index contributed by atoms with van der Waals surface area (Å²) in [5.41, 5.74) is 7.68. The third-order valence-electron chi connectivity index (χ3n) is 2.80. The molecular formula is C15H26N2O2. The van der Waals surface area contributed by atoms with E-state index in [1.165, 1.54) is 0 Å². The maximum absolute atomic E-state index is 9.00. The van der Waals surface area contributed by atoms with E-state index >= 15 is 0 Å². The molecule has 0 unspecified atom stereocenters. The molecule has 1 rings (SSSR count). The second kappa shape index (κ2) is 7.24. The lowest BCUT2D eigenvalue weighted by Gasteiger charge is -2.29. The summed E-state index contributed by atoms with van der Waals surface area (Å²) in [6.45, 7) is 9.25. The largest absolute Gasteiger partial charge is 0.491 e. The molecule has 0 spiro atoms. The predicted octanol–water partition coefficient (Wildman–Crippen LogP) is 2.65. The Morgan fingerprint density at radius 3 is 2.42 bits per heavy atom. The highest BCUT2D eigenvalue weighted by molar-refractivity contribution is 5.61. The Bertz CT molecular complexity index is 392. The number of benzene rings is 1. The lowest BCUT2D eigenvalue weighted by atomic mass is 10.2. The number of nitrogens with two attached hydrogens (primary N) is 1. The third-order valence-corrected chi connectivity index (χ3v) is 2.80. The molecule has 4 heteroatoms. The molecule has 4 nitrogen and oxygen atoms in total. The molecule has 0 atom stereocenters. The predicted molar refractivity (Wildman–Crippen MR) is 80.8 cm³/mol. The van der Waals surface area contributed by atoms with Crippen LogP contribution in [0.4, 0.5) is 11.4 Å². The van der Waals surface area contributed by atoms with E-state index in [-0.39, 0.29) is 12.7 Å². The highest BCUT2D eigenvalue weighted by atomic mass is 16.5. The molecule has 1 aromatic rings. The maximum Gasteiger partial charge on any atom is 0.123 e. The van der Waals surface area contributed by atoms with Gasteiger partial charge in [-0.05, 0) is 40.2 Å². The van der Waals surface area contributed by atoms with Crippen LogP contribution in [-0.2, 0) is 0 Å². The van der Waals surface area contributed by atoms with E-state index in [9.17, 15) is 0 Å². The average Bonchev–Trinajstić information content (AvgIpc) is 2.27. The van der Waals surface area contributed by atoms with E-state index in [1.54, 1.807) is 0 Å². The molecule has 0 radical (unpaired) electrons. The van der Waals surface area contributed by atoms with Gasteiger partial charge in [0.2, 0.25) is 0 Å². The minimum atomic E-state index is 0.125. The van der Waals surface area contributed by atoms with Crippen LogP contribution in [0.15, 0.2) is 18.2 Å². The van der Waals surface area contributed by atoms with E-state index in [2.05, 4.69) is 18.7 Å². The van der Waals surface area contributed by atoms with Gasteiger partial charge in [-0.3, -0.25) is 0 Å². The zero-order valence-corrected chi connectivity index (χ0v) is 12.4. The lowest BCUT2D eigenvalue weighted by molar-refractivity contribution is 0.242. The smallest absolute Gasteiger partial charge is 0.123 e. The second-order valence-electron chi connectivity index (χ2n) is 5.29. The highest BCUT2D eigenvalue weighted by Gasteiger charge is 2.12. The van der Waals surface area contributed by atoms with Crippen molar-refractivity contribution in [3.63, 3.8) is 0 Å². The van der Waals surface area contributed by atoms with Crippen molar-refractivity contribution in [2.45, 2.75) is 46.3 Å². The number of nitrogens with zero attached hydrogens (tertiary/aromatic N) is 1. The fraction of sp³-hybridized carbons (Fsp3) is 0.600. The molecule has 0 fully saturated rings. The summed E-state index contributed by atoms with van der Waals surface area (Å²) in [4.78, 5) is 2.22. The van der Waals surface area contributed by atoms with Gasteiger partial charge in [-0.25, -0.2) is 0 Å². The van der Waals surface area contributed by atoms with Crippen LogP contribution in [0.1, 0.15) is 34.1 Å². The molecule has 19 heavy (non-hydrogen) atoms. The van der Waals surface area contributed by atoms with Crippen LogP contribution in [0.5, 0.6) is 5.75 Å². The first kappa shape index (κ1) is 15.6. The molecule has 3 N–H and O–H groups in total. The van der Waals surface area contributed by atoms with Crippen LogP contribution >= 0.6 is 0 Å². The number of anilines is 2. The number of hydrogen-bond acceptors (Lipinski definition) is 4. The average molecular weight is 266 g/mol. The van der Waals surface area contributed by atoms with E-state index in [0.717, 1.165) is 24.4 Å². The summed E-state index contributed by atoms with van der Waals surface area (Å²) in [7, 11) is 0. The third kappa shape index (κ3) is 4.99. The Morgan fingerprint density at radius 2 is 1.89 bits per heavy atom. The van der Waals surface area contributed by atoms with E-state index in [1.807, 2.05) is 32.0 Å². The Balaban J connectivity index is 2.98. The zero-order chi connectivity index (χ0) is 14.4. The van der Waals surface area contributed by atoms with Gasteiger partial charge in [-0.1, -0.05) is 0 Å². The van der Waals surface area contributed by atoms with Crippen molar-refractivity contribution >= 4 is 11.4 Å². The number of nitrogen functional groups attached to an aromatic ring is 1. The standard InChI is InChI=1S/C15H26N2O2/c1-11(2)17(6-5-7-18)14-8-13(16)9-15(10-14)19-12(3)4/h8-12,18H,5-7,16H2,1-4H3. The summed E-state index contributed by atoms with van der Waals surface area (Å²) in [5.74, 6) is 0.791. The first-order chi connectivity index (χ1) is 8.93. The van der Waals surface area contributed by atoms with E-state index in [4.69, 9.17) is 15.6 Å². The van der Waals surface area contributed by atoms with Crippen LogP contribution in [-0.4, -0.2) is 30.4 Å². The fourth-order valence-electron chi connectivity index (χ4n) is 2.04. The molecule has 0 aliphatic carbocycles. The van der Waals surface area contributed by atoms with Gasteiger partial charge < -0.3 is 20.5 Å². The van der Waals surface area contributed by atoms with Crippen molar-refractivity contribution in [1.29, 1.82) is 0 Å². The molecule has 0 saturated carbocycles. The van der Waals surface area contributed by atoms with E-state index < -0.39 is 0 Å². The molecule has 108 valence electrons. The van der Waals surface area contributed by atoms with Crippen LogP contribution in [0.3, 0.4) is 0 Å². The molecule has 0 aromatic heterocycles. The zero-order valence-electron chi connectivity index (χ0n) is 12.4. The molecule has 0 bridgehead atoms. The monoisotopic (exact) mass is 266 g/mol. The van der Waals surface area contributed by atoms with Crippen molar-refractivity contribution < 1.29 is 9.84 Å². The Hall–Kier alpha value is -1.42. The van der Waals surface area contributed by atoms with Crippen molar-refractivity contribution in [2.24, 2.45) is 0 Å². The number of ether oxygens (including phenoxy) is 1. The van der Waals surface area contributed by atoms with Crippen LogP contribution in [0.25, 0.3) is 0 Å². The molecular weight excluding hydrogens is 240 g/mol. The quantitative estimate of drug-likeness (QED) is 0.745. The number of rotatable bonds is 7. The molecule has 0 aliphatic rings. The van der Waals surface area contributed by atoms with Gasteiger partial charge in [0.15, 0.2) is 0 Å². The van der Waals surface area contributed by atoms with Gasteiger partial charge in [-0.15, -0.1) is 0 Å². The van der Waals surface area contributed by atoms with Gasteiger partial charge in [0.1, 0.15) is 5.75 Å². The van der Waals surface area contributed by atoms with Crippen molar-refractivity contribution in [3.8, 4) is 5.75 Å². The first-order valence-electron chi connectivity index (χ1n) is 6.88. The molecule has 0 saturated heterocycles. The number of aliphatic hydroxyl groups is 1. The summed E-state index contributed by atoms with van der Waals surface area (Å²) >= 11 is 0. The lowest BCUT2D eigenvalue weighted by Crippen LogP contribution is -2.32. The topological polar surface area (TPSA) is 58.7 Å². The molecule has 0 aliphatic heterocycles. The molecule has 0 amide bonds. The number of aliphatic hydroxyl groups excluding tert-OH is 1. The van der Waals surface area contributed by atoms with E-state index in [0.29, 0.717) is 11.7 Å². The fourth-order valence-corrected chi connectivity index (χ4v) is 2.04. The first-order valence-corrected chi connectivity index (χ1v) is 6.88. The van der Waals surface area contributed by atoms with Crippen molar-refractivity contribution in [2.75, 3.05) is 23.8 Å².